The second kappa shape index (κ2) is 36.9. The predicted molar refractivity (Wildman–Crippen MR) is 263 cm³/mol. The topological polar surface area (TPSA) is 374 Å². The predicted octanol–water partition coefficient (Wildman–Crippen LogP) is -2.22. The molecular formula is C47H75F6N9O18. The summed E-state index contributed by atoms with van der Waals surface area (Å²) >= 11 is 0. The molecule has 0 aliphatic carbocycles. The first kappa shape index (κ1) is 68.1. The zero-order valence-corrected chi connectivity index (χ0v) is 43.8. The second-order valence-electron chi connectivity index (χ2n) is 18.1. The van der Waals surface area contributed by atoms with Crippen molar-refractivity contribution in [1.82, 2.24) is 30.6 Å². The quantitative estimate of drug-likeness (QED) is 0.0249. The van der Waals surface area contributed by atoms with E-state index in [0.717, 1.165) is 12.4 Å². The molecule has 27 nitrogen and oxygen atoms in total. The summed E-state index contributed by atoms with van der Waals surface area (Å²) in [5, 5.41) is 73.2. The largest absolute Gasteiger partial charge is 0.434 e. The SMILES string of the molecule is NC(C(O)CCC(=O)NCCOCCOCCOCCOC[C@H]1OC[C@H](Nc2cncc(C(F)(F)F)n2)[C@@H](O)[C@H]1O)C(O)CCC(=O)NCCOCCOCCOCCOC[C@H]1OC[C@H](Nc2cncc(C(F)(F)F)n2)[C@@H](O)[C@H]1O. The summed E-state index contributed by atoms with van der Waals surface area (Å²) in [4.78, 5) is 38.4. The van der Waals surface area contributed by atoms with E-state index in [1.807, 2.05) is 0 Å². The molecule has 80 heavy (non-hydrogen) atoms. The van der Waals surface area contributed by atoms with Crippen LogP contribution >= 0.6 is 0 Å². The molecule has 458 valence electrons. The van der Waals surface area contributed by atoms with Crippen LogP contribution in [0.4, 0.5) is 38.0 Å². The van der Waals surface area contributed by atoms with E-state index in [2.05, 4.69) is 41.2 Å². The third kappa shape index (κ3) is 26.2. The monoisotopic (exact) mass is 1170 g/mol. The number of aliphatic hydroxyl groups excluding tert-OH is 6. The summed E-state index contributed by atoms with van der Waals surface area (Å²) in [5.41, 5.74) is 3.55. The molecule has 0 aromatic carbocycles. The van der Waals surface area contributed by atoms with Crippen LogP contribution in [0, 0.1) is 0 Å². The van der Waals surface area contributed by atoms with Crippen molar-refractivity contribution in [1.29, 1.82) is 0 Å². The normalized spacial score (nSPS) is 22.8. The summed E-state index contributed by atoms with van der Waals surface area (Å²) in [6.45, 7) is 3.11. The number of aliphatic hydroxyl groups is 6. The Labute approximate surface area is 456 Å². The summed E-state index contributed by atoms with van der Waals surface area (Å²) in [6, 6.07) is -2.98. The second-order valence-corrected chi connectivity index (χ2v) is 18.1. The number of nitrogens with two attached hydrogens (primary N) is 1. The number of carbonyl (C=O) groups excluding carboxylic acids is 2. The van der Waals surface area contributed by atoms with Crippen molar-refractivity contribution in [2.24, 2.45) is 5.73 Å². The number of halogens is 6. The van der Waals surface area contributed by atoms with Gasteiger partial charge in [0.1, 0.15) is 48.3 Å². The standard InChI is InChI=1S/C47H75F6N9O18/c48-46(49,50)35-21-55-23-37(61-35)59-29-25-79-33(44(69)42(29)67)27-77-19-17-75-15-13-73-11-9-71-7-5-57-39(65)3-1-31(63)41(54)32(64)2-4-40(66)58-6-8-72-10-12-74-14-16-76-18-20-78-28-34-45(70)43(68)30(26-80-34)60-38-24-56-22-36(62-38)47(51,52)53/h21-24,29-34,41-45,63-64,67-70H,1-20,25-28,54H2,(H,57,65)(H,58,66)(H,59,61)(H,60,62)/t29-,30-,31?,32?,33+,34+,41?,42+,43+,44-,45-/m0/s1. The van der Waals surface area contributed by atoms with Gasteiger partial charge in [0.15, 0.2) is 11.4 Å². The van der Waals surface area contributed by atoms with E-state index in [1.54, 1.807) is 0 Å². The van der Waals surface area contributed by atoms with Gasteiger partial charge in [-0.05, 0) is 12.8 Å². The maximum atomic E-state index is 12.9. The lowest BCUT2D eigenvalue weighted by molar-refractivity contribution is -0.161. The molecule has 0 saturated carbocycles. The summed E-state index contributed by atoms with van der Waals surface area (Å²) < 4.78 is 132. The Balaban J connectivity index is 0.860. The van der Waals surface area contributed by atoms with Crippen LogP contribution < -0.4 is 27.0 Å². The molecule has 2 unspecified atom stereocenters. The molecule has 10 atom stereocenters. The van der Waals surface area contributed by atoms with Gasteiger partial charge in [0.2, 0.25) is 11.8 Å². The number of nitrogens with zero attached hydrogens (tertiary/aromatic N) is 4. The van der Waals surface area contributed by atoms with Crippen LogP contribution in [0.25, 0.3) is 0 Å². The molecule has 2 saturated heterocycles. The van der Waals surface area contributed by atoms with Crippen LogP contribution in [0.2, 0.25) is 0 Å². The van der Waals surface area contributed by atoms with Crippen molar-refractivity contribution in [3.8, 4) is 0 Å². The van der Waals surface area contributed by atoms with Gasteiger partial charge in [-0.2, -0.15) is 26.3 Å². The molecule has 0 spiro atoms. The van der Waals surface area contributed by atoms with E-state index in [1.165, 1.54) is 0 Å². The number of nitrogens with one attached hydrogen (secondary N) is 4. The number of hydrogen-bond acceptors (Lipinski definition) is 25. The van der Waals surface area contributed by atoms with Gasteiger partial charge in [-0.15, -0.1) is 0 Å². The number of ether oxygens (including phenoxy) is 10. The molecule has 2 aliphatic heterocycles. The Morgan fingerprint density at radius 1 is 0.537 bits per heavy atom. The molecular weight excluding hydrogens is 1090 g/mol. The van der Waals surface area contributed by atoms with E-state index < -0.39 is 90.7 Å². The van der Waals surface area contributed by atoms with Crippen LogP contribution in [0.3, 0.4) is 0 Å². The number of aromatic nitrogens is 4. The Bertz CT molecular complexity index is 1900. The molecule has 0 radical (unpaired) electrons. The Hall–Kier alpha value is -4.40. The number of amides is 2. The van der Waals surface area contributed by atoms with Crippen LogP contribution in [-0.2, 0) is 69.3 Å². The third-order valence-electron chi connectivity index (χ3n) is 11.9. The number of anilines is 2. The zero-order valence-electron chi connectivity index (χ0n) is 43.8. The maximum Gasteiger partial charge on any atom is 0.434 e. The molecule has 4 heterocycles. The van der Waals surface area contributed by atoms with E-state index in [0.29, 0.717) is 12.4 Å². The highest BCUT2D eigenvalue weighted by atomic mass is 19.4. The first-order valence-corrected chi connectivity index (χ1v) is 25.8. The molecule has 2 fully saturated rings. The highest BCUT2D eigenvalue weighted by Crippen LogP contribution is 2.29. The lowest BCUT2D eigenvalue weighted by atomic mass is 9.98. The van der Waals surface area contributed by atoms with Gasteiger partial charge in [0, 0.05) is 25.9 Å². The molecule has 4 rings (SSSR count). The molecule has 0 bridgehead atoms. The van der Waals surface area contributed by atoms with E-state index in [-0.39, 0.29) is 181 Å². The third-order valence-corrected chi connectivity index (χ3v) is 11.9. The fourth-order valence-corrected chi connectivity index (χ4v) is 7.46. The summed E-state index contributed by atoms with van der Waals surface area (Å²) in [7, 11) is 0. The van der Waals surface area contributed by atoms with Gasteiger partial charge in [0.05, 0.1) is 174 Å². The average molecular weight is 1170 g/mol. The van der Waals surface area contributed by atoms with Gasteiger partial charge in [-0.1, -0.05) is 0 Å². The summed E-state index contributed by atoms with van der Waals surface area (Å²) in [5.74, 6) is -1.18. The fourth-order valence-electron chi connectivity index (χ4n) is 7.46. The van der Waals surface area contributed by atoms with Crippen LogP contribution in [-0.4, -0.2) is 261 Å². The Morgan fingerprint density at radius 2 is 0.863 bits per heavy atom. The van der Waals surface area contributed by atoms with Crippen molar-refractivity contribution >= 4 is 23.5 Å². The van der Waals surface area contributed by atoms with Crippen LogP contribution in [0.5, 0.6) is 0 Å². The first-order chi connectivity index (χ1) is 38.2. The van der Waals surface area contributed by atoms with Gasteiger partial charge in [-0.25, -0.2) is 9.97 Å². The average Bonchev–Trinajstić information content (AvgIpc) is 3.42. The van der Waals surface area contributed by atoms with Gasteiger partial charge in [-0.3, -0.25) is 19.6 Å². The lowest BCUT2D eigenvalue weighted by Crippen LogP contribution is -2.57. The molecule has 2 aromatic rings. The molecule has 12 N–H and O–H groups in total. The van der Waals surface area contributed by atoms with Crippen molar-refractivity contribution < 1.29 is 114 Å². The molecule has 2 aliphatic rings. The Kier molecular flexibility index (Phi) is 31.4. The van der Waals surface area contributed by atoms with Crippen molar-refractivity contribution in [3.05, 3.63) is 36.2 Å². The number of rotatable bonds is 40. The van der Waals surface area contributed by atoms with Gasteiger partial charge >= 0.3 is 12.4 Å². The van der Waals surface area contributed by atoms with E-state index in [4.69, 9.17) is 53.1 Å². The molecule has 2 aromatic heterocycles. The molecule has 33 heteroatoms. The minimum absolute atomic E-state index is 0.0197. The summed E-state index contributed by atoms with van der Waals surface area (Å²) in [6.07, 6.45) is -16.0. The number of hydrogen-bond donors (Lipinski definition) is 11. The van der Waals surface area contributed by atoms with Crippen LogP contribution in [0.1, 0.15) is 37.1 Å². The molecule has 2 amide bonds. The van der Waals surface area contributed by atoms with Gasteiger partial charge < -0.3 is 105 Å². The van der Waals surface area contributed by atoms with Gasteiger partial charge in [0.25, 0.3) is 0 Å². The van der Waals surface area contributed by atoms with Crippen LogP contribution in [0.15, 0.2) is 24.8 Å². The highest BCUT2D eigenvalue weighted by Gasteiger charge is 2.41. The van der Waals surface area contributed by atoms with Crippen molar-refractivity contribution in [3.63, 3.8) is 0 Å². The zero-order chi connectivity index (χ0) is 58.3. The number of alkyl halides is 6. The van der Waals surface area contributed by atoms with Crippen molar-refractivity contribution in [2.75, 3.05) is 143 Å². The minimum atomic E-state index is -4.70. The first-order valence-electron chi connectivity index (χ1n) is 25.8. The Morgan fingerprint density at radius 3 is 1.20 bits per heavy atom. The van der Waals surface area contributed by atoms with E-state index in [9.17, 15) is 66.6 Å². The minimum Gasteiger partial charge on any atom is -0.391 e. The lowest BCUT2D eigenvalue weighted by Gasteiger charge is -2.38. The highest BCUT2D eigenvalue weighted by molar-refractivity contribution is 5.76. The fraction of sp³-hybridized carbons (Fsp3) is 0.787. The van der Waals surface area contributed by atoms with Crippen molar-refractivity contribution in [2.45, 2.75) is 105 Å². The smallest absolute Gasteiger partial charge is 0.391 e. The maximum absolute atomic E-state index is 12.9. The number of carbonyl (C=O) groups is 2. The van der Waals surface area contributed by atoms with E-state index >= 15 is 0 Å².